The van der Waals surface area contributed by atoms with Gasteiger partial charge in [-0.1, -0.05) is 6.07 Å². The van der Waals surface area contributed by atoms with Gasteiger partial charge in [-0.3, -0.25) is 4.98 Å². The molecule has 0 aliphatic rings. The monoisotopic (exact) mass is 205 g/mol. The van der Waals surface area contributed by atoms with E-state index in [1.54, 1.807) is 11.3 Å². The van der Waals surface area contributed by atoms with Gasteiger partial charge in [0.25, 0.3) is 0 Å². The van der Waals surface area contributed by atoms with Crippen molar-refractivity contribution in [2.45, 2.75) is 13.5 Å². The van der Waals surface area contributed by atoms with Crippen LogP contribution in [0.5, 0.6) is 0 Å². The zero-order valence-corrected chi connectivity index (χ0v) is 8.71. The lowest BCUT2D eigenvalue weighted by molar-refractivity contribution is 0.277. The number of aryl methyl sites for hydroxylation is 1. The minimum absolute atomic E-state index is 0.00505. The van der Waals surface area contributed by atoms with Crippen LogP contribution in [0.25, 0.3) is 10.4 Å². The van der Waals surface area contributed by atoms with Gasteiger partial charge >= 0.3 is 0 Å². The van der Waals surface area contributed by atoms with Crippen LogP contribution in [0.15, 0.2) is 29.6 Å². The Morgan fingerprint density at radius 2 is 2.21 bits per heavy atom. The lowest BCUT2D eigenvalue weighted by Gasteiger charge is -2.04. The van der Waals surface area contributed by atoms with Crippen molar-refractivity contribution in [3.8, 4) is 10.4 Å². The number of hydrogen-bond acceptors (Lipinski definition) is 3. The standard InChI is InChI=1S/C11H11NOS/c1-8-4-5-9(10(7-13)12-8)11-3-2-6-14-11/h2-6,13H,7H2,1H3. The molecule has 0 aliphatic carbocycles. The smallest absolute Gasteiger partial charge is 0.0859 e. The van der Waals surface area contributed by atoms with E-state index in [2.05, 4.69) is 4.98 Å². The normalized spacial score (nSPS) is 10.4. The summed E-state index contributed by atoms with van der Waals surface area (Å²) >= 11 is 1.66. The van der Waals surface area contributed by atoms with E-state index in [4.69, 9.17) is 0 Å². The fraction of sp³-hybridized carbons (Fsp3) is 0.182. The van der Waals surface area contributed by atoms with Gasteiger partial charge in [0.05, 0.1) is 12.3 Å². The summed E-state index contributed by atoms with van der Waals surface area (Å²) in [6.45, 7) is 1.92. The number of thiophene rings is 1. The van der Waals surface area contributed by atoms with Crippen LogP contribution in [0.3, 0.4) is 0 Å². The number of aliphatic hydroxyl groups is 1. The molecule has 0 atom stereocenters. The highest BCUT2D eigenvalue weighted by Crippen LogP contribution is 2.27. The molecule has 2 aromatic rings. The maximum Gasteiger partial charge on any atom is 0.0859 e. The Bertz CT molecular complexity index is 423. The molecule has 2 heterocycles. The van der Waals surface area contributed by atoms with Gasteiger partial charge in [0.1, 0.15) is 0 Å². The molecule has 3 heteroatoms. The second-order valence-electron chi connectivity index (χ2n) is 3.08. The van der Waals surface area contributed by atoms with Gasteiger partial charge in [0.15, 0.2) is 0 Å². The Labute approximate surface area is 86.9 Å². The first kappa shape index (κ1) is 9.37. The SMILES string of the molecule is Cc1ccc(-c2cccs2)c(CO)n1. The molecule has 0 aromatic carbocycles. The molecule has 0 amide bonds. The summed E-state index contributed by atoms with van der Waals surface area (Å²) in [6.07, 6.45) is 0. The van der Waals surface area contributed by atoms with Crippen molar-refractivity contribution in [3.05, 3.63) is 41.0 Å². The van der Waals surface area contributed by atoms with E-state index in [-0.39, 0.29) is 6.61 Å². The average Bonchev–Trinajstić information content (AvgIpc) is 2.70. The summed E-state index contributed by atoms with van der Waals surface area (Å²) in [7, 11) is 0. The molecule has 0 aliphatic heterocycles. The largest absolute Gasteiger partial charge is 0.390 e. The van der Waals surface area contributed by atoms with Crippen molar-refractivity contribution < 1.29 is 5.11 Å². The highest BCUT2D eigenvalue weighted by atomic mass is 32.1. The zero-order valence-electron chi connectivity index (χ0n) is 7.90. The van der Waals surface area contributed by atoms with Crippen LogP contribution in [0.2, 0.25) is 0 Å². The molecular formula is C11H11NOS. The third-order valence-electron chi connectivity index (χ3n) is 2.05. The number of hydrogen-bond donors (Lipinski definition) is 1. The summed E-state index contributed by atoms with van der Waals surface area (Å²) in [5, 5.41) is 11.2. The van der Waals surface area contributed by atoms with Crippen LogP contribution in [0.1, 0.15) is 11.4 Å². The Kier molecular flexibility index (Phi) is 2.61. The first-order chi connectivity index (χ1) is 6.81. The summed E-state index contributed by atoms with van der Waals surface area (Å²) in [4.78, 5) is 5.46. The maximum atomic E-state index is 9.18. The van der Waals surface area contributed by atoms with Crippen molar-refractivity contribution in [1.82, 2.24) is 4.98 Å². The van der Waals surface area contributed by atoms with Crippen molar-refractivity contribution in [2.75, 3.05) is 0 Å². The highest BCUT2D eigenvalue weighted by Gasteiger charge is 2.06. The van der Waals surface area contributed by atoms with E-state index >= 15 is 0 Å². The molecule has 0 fully saturated rings. The lowest BCUT2D eigenvalue weighted by atomic mass is 10.1. The lowest BCUT2D eigenvalue weighted by Crippen LogP contribution is -1.94. The minimum atomic E-state index is -0.00505. The Morgan fingerprint density at radius 1 is 1.36 bits per heavy atom. The first-order valence-corrected chi connectivity index (χ1v) is 5.30. The molecule has 0 radical (unpaired) electrons. The van der Waals surface area contributed by atoms with Crippen LogP contribution in [-0.4, -0.2) is 10.1 Å². The molecule has 2 aromatic heterocycles. The number of aliphatic hydroxyl groups excluding tert-OH is 1. The van der Waals surface area contributed by atoms with E-state index in [0.717, 1.165) is 21.8 Å². The van der Waals surface area contributed by atoms with Gasteiger partial charge in [-0.15, -0.1) is 11.3 Å². The molecule has 2 rings (SSSR count). The summed E-state index contributed by atoms with van der Waals surface area (Å²) in [5.74, 6) is 0. The number of rotatable bonds is 2. The van der Waals surface area contributed by atoms with Gasteiger partial charge in [0.2, 0.25) is 0 Å². The highest BCUT2D eigenvalue weighted by molar-refractivity contribution is 7.13. The molecule has 0 saturated heterocycles. The van der Waals surface area contributed by atoms with E-state index in [1.807, 2.05) is 36.6 Å². The van der Waals surface area contributed by atoms with Crippen LogP contribution >= 0.6 is 11.3 Å². The molecule has 0 unspecified atom stereocenters. The fourth-order valence-corrected chi connectivity index (χ4v) is 2.16. The topological polar surface area (TPSA) is 33.1 Å². The molecule has 1 N–H and O–H groups in total. The molecule has 72 valence electrons. The maximum absolute atomic E-state index is 9.18. The third kappa shape index (κ3) is 1.69. The number of aromatic nitrogens is 1. The quantitative estimate of drug-likeness (QED) is 0.817. The Balaban J connectivity index is 2.53. The van der Waals surface area contributed by atoms with Gasteiger partial charge in [-0.2, -0.15) is 0 Å². The first-order valence-electron chi connectivity index (χ1n) is 4.42. The van der Waals surface area contributed by atoms with Crippen LogP contribution < -0.4 is 0 Å². The Morgan fingerprint density at radius 3 is 2.86 bits per heavy atom. The summed E-state index contributed by atoms with van der Waals surface area (Å²) in [5.41, 5.74) is 2.73. The molecule has 0 bridgehead atoms. The third-order valence-corrected chi connectivity index (χ3v) is 2.95. The van der Waals surface area contributed by atoms with Gasteiger partial charge in [0, 0.05) is 16.1 Å². The van der Waals surface area contributed by atoms with Crippen molar-refractivity contribution >= 4 is 11.3 Å². The van der Waals surface area contributed by atoms with Crippen molar-refractivity contribution in [2.24, 2.45) is 0 Å². The van der Waals surface area contributed by atoms with Crippen LogP contribution in [0.4, 0.5) is 0 Å². The summed E-state index contributed by atoms with van der Waals surface area (Å²) in [6, 6.07) is 8.02. The van der Waals surface area contributed by atoms with E-state index in [9.17, 15) is 5.11 Å². The predicted octanol–water partition coefficient (Wildman–Crippen LogP) is 2.61. The number of nitrogens with zero attached hydrogens (tertiary/aromatic N) is 1. The molecule has 0 spiro atoms. The second-order valence-corrected chi connectivity index (χ2v) is 4.03. The Hall–Kier alpha value is -1.19. The molecular weight excluding hydrogens is 194 g/mol. The van der Waals surface area contributed by atoms with Crippen LogP contribution in [0, 0.1) is 6.92 Å². The van der Waals surface area contributed by atoms with E-state index in [0.29, 0.717) is 0 Å². The van der Waals surface area contributed by atoms with Crippen molar-refractivity contribution in [1.29, 1.82) is 0 Å². The molecule has 14 heavy (non-hydrogen) atoms. The van der Waals surface area contributed by atoms with Gasteiger partial charge < -0.3 is 5.11 Å². The minimum Gasteiger partial charge on any atom is -0.390 e. The molecule has 2 nitrogen and oxygen atoms in total. The zero-order chi connectivity index (χ0) is 9.97. The van der Waals surface area contributed by atoms with E-state index < -0.39 is 0 Å². The average molecular weight is 205 g/mol. The number of pyridine rings is 1. The van der Waals surface area contributed by atoms with Crippen LogP contribution in [-0.2, 0) is 6.61 Å². The van der Waals surface area contributed by atoms with Gasteiger partial charge in [-0.05, 0) is 30.5 Å². The fourth-order valence-electron chi connectivity index (χ4n) is 1.39. The van der Waals surface area contributed by atoms with Gasteiger partial charge in [-0.25, -0.2) is 0 Å². The predicted molar refractivity (Wildman–Crippen MR) is 58.2 cm³/mol. The second kappa shape index (κ2) is 3.90. The summed E-state index contributed by atoms with van der Waals surface area (Å²) < 4.78 is 0. The molecule has 0 saturated carbocycles. The van der Waals surface area contributed by atoms with Crippen molar-refractivity contribution in [3.63, 3.8) is 0 Å². The van der Waals surface area contributed by atoms with E-state index in [1.165, 1.54) is 0 Å².